The fourth-order valence-electron chi connectivity index (χ4n) is 3.04. The fraction of sp³-hybridized carbons (Fsp3) is 0.882. The van der Waals surface area contributed by atoms with Crippen molar-refractivity contribution < 1.29 is 14.3 Å². The van der Waals surface area contributed by atoms with E-state index in [0.717, 1.165) is 19.3 Å². The molecule has 4 heteroatoms. The SMILES string of the molecule is CCOC(=O)C(C(=O)NC1CCC(C)C(C)C1)C(C)(C)C. The van der Waals surface area contributed by atoms with E-state index in [-0.39, 0.29) is 11.9 Å². The minimum Gasteiger partial charge on any atom is -0.465 e. The van der Waals surface area contributed by atoms with Crippen molar-refractivity contribution in [2.45, 2.75) is 66.8 Å². The Morgan fingerprint density at radius 3 is 2.29 bits per heavy atom. The Morgan fingerprint density at radius 1 is 1.19 bits per heavy atom. The molecular formula is C17H31NO3. The summed E-state index contributed by atoms with van der Waals surface area (Å²) in [6.45, 7) is 12.3. The minimum absolute atomic E-state index is 0.183. The molecular weight excluding hydrogens is 266 g/mol. The number of amides is 1. The van der Waals surface area contributed by atoms with Crippen LogP contribution in [0.1, 0.15) is 60.8 Å². The summed E-state index contributed by atoms with van der Waals surface area (Å²) >= 11 is 0. The van der Waals surface area contributed by atoms with E-state index in [0.29, 0.717) is 18.4 Å². The van der Waals surface area contributed by atoms with Crippen LogP contribution in [0.25, 0.3) is 0 Å². The lowest BCUT2D eigenvalue weighted by Gasteiger charge is -2.35. The second-order valence-corrected chi connectivity index (χ2v) is 7.52. The molecule has 0 saturated heterocycles. The molecule has 1 saturated carbocycles. The Bertz CT molecular complexity index is 373. The molecule has 4 unspecified atom stereocenters. The van der Waals surface area contributed by atoms with Gasteiger partial charge in [-0.25, -0.2) is 0 Å². The third kappa shape index (κ3) is 5.01. The van der Waals surface area contributed by atoms with Crippen LogP contribution in [-0.2, 0) is 14.3 Å². The first kappa shape index (κ1) is 18.0. The Labute approximate surface area is 129 Å². The van der Waals surface area contributed by atoms with Gasteiger partial charge in [-0.1, -0.05) is 34.6 Å². The molecule has 4 nitrogen and oxygen atoms in total. The molecule has 0 aromatic carbocycles. The maximum Gasteiger partial charge on any atom is 0.319 e. The number of carbonyl (C=O) groups excluding carboxylic acids is 2. The molecule has 0 aromatic rings. The van der Waals surface area contributed by atoms with E-state index in [2.05, 4.69) is 19.2 Å². The van der Waals surface area contributed by atoms with Crippen molar-refractivity contribution in [1.82, 2.24) is 5.32 Å². The van der Waals surface area contributed by atoms with Crippen LogP contribution in [0.5, 0.6) is 0 Å². The summed E-state index contributed by atoms with van der Waals surface area (Å²) in [5.41, 5.74) is -0.441. The summed E-state index contributed by atoms with van der Waals surface area (Å²) in [6, 6.07) is 0.183. The first-order valence-corrected chi connectivity index (χ1v) is 8.13. The highest BCUT2D eigenvalue weighted by Gasteiger charge is 2.40. The van der Waals surface area contributed by atoms with E-state index in [4.69, 9.17) is 4.74 Å². The van der Waals surface area contributed by atoms with Gasteiger partial charge in [0.1, 0.15) is 5.92 Å². The molecule has 0 aliphatic heterocycles. The number of esters is 1. The predicted molar refractivity (Wildman–Crippen MR) is 83.7 cm³/mol. The van der Waals surface area contributed by atoms with Crippen LogP contribution >= 0.6 is 0 Å². The fourth-order valence-corrected chi connectivity index (χ4v) is 3.04. The van der Waals surface area contributed by atoms with Crippen LogP contribution < -0.4 is 5.32 Å². The molecule has 0 aromatic heterocycles. The molecule has 1 aliphatic rings. The highest BCUT2D eigenvalue weighted by molar-refractivity contribution is 5.98. The largest absolute Gasteiger partial charge is 0.465 e. The van der Waals surface area contributed by atoms with Gasteiger partial charge >= 0.3 is 5.97 Å². The molecule has 1 amide bonds. The van der Waals surface area contributed by atoms with Gasteiger partial charge < -0.3 is 10.1 Å². The molecule has 122 valence electrons. The van der Waals surface area contributed by atoms with E-state index < -0.39 is 17.3 Å². The van der Waals surface area contributed by atoms with E-state index in [1.807, 2.05) is 20.8 Å². The predicted octanol–water partition coefficient (Wildman–Crippen LogP) is 3.15. The first-order valence-electron chi connectivity index (χ1n) is 8.13. The summed E-state index contributed by atoms with van der Waals surface area (Å²) in [4.78, 5) is 24.7. The summed E-state index contributed by atoms with van der Waals surface area (Å²) in [7, 11) is 0. The summed E-state index contributed by atoms with van der Waals surface area (Å²) in [5, 5.41) is 3.08. The van der Waals surface area contributed by atoms with Gasteiger partial charge in [0.15, 0.2) is 0 Å². The molecule has 1 aliphatic carbocycles. The lowest BCUT2D eigenvalue weighted by atomic mass is 9.77. The first-order chi connectivity index (χ1) is 9.66. The lowest BCUT2D eigenvalue weighted by molar-refractivity contribution is -0.157. The summed E-state index contributed by atoms with van der Waals surface area (Å²) in [6.07, 6.45) is 3.12. The Kier molecular flexibility index (Phi) is 6.24. The number of carbonyl (C=O) groups is 2. The molecule has 0 radical (unpaired) electrons. The van der Waals surface area contributed by atoms with Gasteiger partial charge in [0.05, 0.1) is 6.61 Å². The van der Waals surface area contributed by atoms with Gasteiger partial charge in [-0.3, -0.25) is 9.59 Å². The molecule has 1 rings (SSSR count). The lowest BCUT2D eigenvalue weighted by Crippen LogP contribution is -2.48. The molecule has 21 heavy (non-hydrogen) atoms. The molecule has 4 atom stereocenters. The zero-order chi connectivity index (χ0) is 16.2. The number of rotatable bonds is 4. The zero-order valence-corrected chi connectivity index (χ0v) is 14.4. The molecule has 0 heterocycles. The maximum absolute atomic E-state index is 12.6. The molecule has 1 fully saturated rings. The van der Waals surface area contributed by atoms with Crippen molar-refractivity contribution >= 4 is 11.9 Å². The topological polar surface area (TPSA) is 55.4 Å². The number of nitrogens with one attached hydrogen (secondary N) is 1. The second-order valence-electron chi connectivity index (χ2n) is 7.52. The monoisotopic (exact) mass is 297 g/mol. The Hall–Kier alpha value is -1.06. The maximum atomic E-state index is 12.6. The van der Waals surface area contributed by atoms with Crippen LogP contribution in [-0.4, -0.2) is 24.5 Å². The third-order valence-corrected chi connectivity index (χ3v) is 4.60. The van der Waals surface area contributed by atoms with Crippen LogP contribution in [0.15, 0.2) is 0 Å². The van der Waals surface area contributed by atoms with E-state index in [9.17, 15) is 9.59 Å². The van der Waals surface area contributed by atoms with Gasteiger partial charge in [0.25, 0.3) is 0 Å². The van der Waals surface area contributed by atoms with Gasteiger partial charge in [0, 0.05) is 6.04 Å². The van der Waals surface area contributed by atoms with Gasteiger partial charge in [-0.2, -0.15) is 0 Å². The van der Waals surface area contributed by atoms with Crippen LogP contribution in [0.4, 0.5) is 0 Å². The highest BCUT2D eigenvalue weighted by Crippen LogP contribution is 2.31. The van der Waals surface area contributed by atoms with Gasteiger partial charge in [0.2, 0.25) is 5.91 Å². The standard InChI is InChI=1S/C17H31NO3/c1-7-21-16(20)14(17(4,5)6)15(19)18-13-9-8-11(2)12(3)10-13/h11-14H,7-10H2,1-6H3,(H,18,19). The average Bonchev–Trinajstić information content (AvgIpc) is 2.32. The number of hydrogen-bond acceptors (Lipinski definition) is 3. The molecule has 0 spiro atoms. The van der Waals surface area contributed by atoms with Crippen molar-refractivity contribution in [3.05, 3.63) is 0 Å². The average molecular weight is 297 g/mol. The Balaban J connectivity index is 2.71. The van der Waals surface area contributed by atoms with Gasteiger partial charge in [-0.05, 0) is 43.4 Å². The van der Waals surface area contributed by atoms with Crippen LogP contribution in [0.2, 0.25) is 0 Å². The summed E-state index contributed by atoms with van der Waals surface area (Å²) < 4.78 is 5.08. The Morgan fingerprint density at radius 2 is 1.81 bits per heavy atom. The third-order valence-electron chi connectivity index (χ3n) is 4.60. The summed E-state index contributed by atoms with van der Waals surface area (Å²) in [5.74, 6) is -0.0270. The highest BCUT2D eigenvalue weighted by atomic mass is 16.5. The smallest absolute Gasteiger partial charge is 0.319 e. The minimum atomic E-state index is -0.743. The van der Waals surface area contributed by atoms with Crippen molar-refractivity contribution in [1.29, 1.82) is 0 Å². The number of hydrogen-bond donors (Lipinski definition) is 1. The molecule has 0 bridgehead atoms. The van der Waals surface area contributed by atoms with Crippen molar-refractivity contribution in [2.75, 3.05) is 6.61 Å². The van der Waals surface area contributed by atoms with E-state index >= 15 is 0 Å². The van der Waals surface area contributed by atoms with E-state index in [1.165, 1.54) is 0 Å². The zero-order valence-electron chi connectivity index (χ0n) is 14.4. The van der Waals surface area contributed by atoms with Crippen molar-refractivity contribution in [3.63, 3.8) is 0 Å². The van der Waals surface area contributed by atoms with E-state index in [1.54, 1.807) is 6.92 Å². The van der Waals surface area contributed by atoms with Crippen molar-refractivity contribution in [2.24, 2.45) is 23.2 Å². The number of ether oxygens (including phenoxy) is 1. The van der Waals surface area contributed by atoms with Crippen LogP contribution in [0.3, 0.4) is 0 Å². The quantitative estimate of drug-likeness (QED) is 0.640. The van der Waals surface area contributed by atoms with Crippen LogP contribution in [0, 0.1) is 23.2 Å². The normalized spacial score (nSPS) is 27.8. The second kappa shape index (κ2) is 7.28. The van der Waals surface area contributed by atoms with Gasteiger partial charge in [-0.15, -0.1) is 0 Å². The molecule has 1 N–H and O–H groups in total. The van der Waals surface area contributed by atoms with Crippen molar-refractivity contribution in [3.8, 4) is 0 Å².